The molecule has 3 heterocycles. The predicted octanol–water partition coefficient (Wildman–Crippen LogP) is 2.73. The van der Waals surface area contributed by atoms with Crippen molar-refractivity contribution < 1.29 is 19.2 Å². The number of carbonyl (C=O) groups excluding carboxylic acids is 4. The van der Waals surface area contributed by atoms with Crippen molar-refractivity contribution >= 4 is 40.9 Å². The number of anilines is 1. The van der Waals surface area contributed by atoms with Gasteiger partial charge >= 0.3 is 0 Å². The number of benzene rings is 2. The molecule has 49 heavy (non-hydrogen) atoms. The maximum absolute atomic E-state index is 14.3. The molecule has 0 radical (unpaired) electrons. The predicted molar refractivity (Wildman–Crippen MR) is 190 cm³/mol. The fraction of sp³-hybridized carbons (Fsp3) is 0.568. The Labute approximate surface area is 294 Å². The fourth-order valence-corrected chi connectivity index (χ4v) is 7.96. The summed E-state index contributed by atoms with van der Waals surface area (Å²) in [6.07, 6.45) is 6.60. The average Bonchev–Trinajstić information content (AvgIpc) is 3.36. The molecule has 3 aliphatic heterocycles. The van der Waals surface area contributed by atoms with Crippen LogP contribution in [0.25, 0.3) is 0 Å². The summed E-state index contributed by atoms with van der Waals surface area (Å²) >= 11 is 6.13. The lowest BCUT2D eigenvalue weighted by Gasteiger charge is -2.44. The number of hydrogen-bond donors (Lipinski definition) is 2. The van der Waals surface area contributed by atoms with Gasteiger partial charge in [-0.15, -0.1) is 0 Å². The second-order valence-electron chi connectivity index (χ2n) is 14.2. The van der Waals surface area contributed by atoms with Crippen LogP contribution in [-0.4, -0.2) is 127 Å². The minimum Gasteiger partial charge on any atom is -0.352 e. The van der Waals surface area contributed by atoms with E-state index in [1.807, 2.05) is 42.5 Å². The summed E-state index contributed by atoms with van der Waals surface area (Å²) in [4.78, 5) is 64.8. The number of para-hydroxylation sites is 1. The van der Waals surface area contributed by atoms with Crippen molar-refractivity contribution in [1.29, 1.82) is 0 Å². The van der Waals surface area contributed by atoms with E-state index in [0.29, 0.717) is 44.0 Å². The summed E-state index contributed by atoms with van der Waals surface area (Å²) in [5.74, 6) is -0.513. The Kier molecular flexibility index (Phi) is 11.4. The normalized spacial score (nSPS) is 21.2. The third-order valence-electron chi connectivity index (χ3n) is 10.7. The number of halogens is 1. The summed E-state index contributed by atoms with van der Waals surface area (Å²) in [5, 5.41) is 6.82. The first-order chi connectivity index (χ1) is 23.7. The van der Waals surface area contributed by atoms with Gasteiger partial charge in [-0.1, -0.05) is 61.2 Å². The van der Waals surface area contributed by atoms with E-state index < -0.39 is 11.6 Å². The molecule has 0 aromatic heterocycles. The molecule has 3 saturated heterocycles. The molecule has 1 spiro atoms. The van der Waals surface area contributed by atoms with Crippen LogP contribution in [0.5, 0.6) is 0 Å². The quantitative estimate of drug-likeness (QED) is 0.395. The van der Waals surface area contributed by atoms with Crippen LogP contribution in [0, 0.1) is 0 Å². The van der Waals surface area contributed by atoms with Gasteiger partial charge in [0.2, 0.25) is 17.7 Å². The molecule has 4 fully saturated rings. The molecule has 4 amide bonds. The van der Waals surface area contributed by atoms with Crippen LogP contribution in [0.4, 0.5) is 5.69 Å². The van der Waals surface area contributed by atoms with Gasteiger partial charge in [0.05, 0.1) is 13.2 Å². The SMILES string of the molecule is CN1CCN(CC(=O)NC(Cc2ccc(Cl)cc2)C(=O)N2CCC3(CC2)C(=O)N(CC(=O)NC2CCCCC2)CN3c2ccccc2)CC1. The molecule has 1 atom stereocenters. The lowest BCUT2D eigenvalue weighted by Crippen LogP contribution is -2.60. The lowest BCUT2D eigenvalue weighted by atomic mass is 9.85. The molecule has 1 saturated carbocycles. The van der Waals surface area contributed by atoms with Crippen LogP contribution in [0.3, 0.4) is 0 Å². The number of hydrogen-bond acceptors (Lipinski definition) is 7. The van der Waals surface area contributed by atoms with E-state index in [2.05, 4.69) is 32.4 Å². The fourth-order valence-electron chi connectivity index (χ4n) is 7.84. The Hall–Kier alpha value is -3.67. The third-order valence-corrected chi connectivity index (χ3v) is 11.0. The average molecular weight is 692 g/mol. The smallest absolute Gasteiger partial charge is 0.250 e. The number of nitrogens with zero attached hydrogens (tertiary/aromatic N) is 5. The van der Waals surface area contributed by atoms with Gasteiger partial charge in [0.1, 0.15) is 18.1 Å². The van der Waals surface area contributed by atoms with Gasteiger partial charge in [-0.25, -0.2) is 0 Å². The summed E-state index contributed by atoms with van der Waals surface area (Å²) in [6, 6.07) is 16.6. The van der Waals surface area contributed by atoms with Gasteiger partial charge in [-0.05, 0) is 62.6 Å². The van der Waals surface area contributed by atoms with Crippen LogP contribution in [0.1, 0.15) is 50.5 Å². The minimum absolute atomic E-state index is 0.0194. The van der Waals surface area contributed by atoms with Crippen molar-refractivity contribution in [1.82, 2.24) is 30.2 Å². The van der Waals surface area contributed by atoms with Gasteiger partial charge in [-0.3, -0.25) is 24.1 Å². The molecule has 12 heteroatoms. The highest BCUT2D eigenvalue weighted by Gasteiger charge is 2.54. The van der Waals surface area contributed by atoms with Crippen molar-refractivity contribution in [2.75, 3.05) is 71.0 Å². The molecule has 2 aromatic rings. The summed E-state index contributed by atoms with van der Waals surface area (Å²) < 4.78 is 0. The van der Waals surface area contributed by atoms with Gasteiger partial charge in [-0.2, -0.15) is 0 Å². The number of amides is 4. The topological polar surface area (TPSA) is 109 Å². The number of likely N-dealkylation sites (tertiary alicyclic amines) is 1. The molecular formula is C37H50ClN7O4. The molecule has 11 nitrogen and oxygen atoms in total. The first kappa shape index (κ1) is 35.2. The van der Waals surface area contributed by atoms with E-state index in [4.69, 9.17) is 11.6 Å². The monoisotopic (exact) mass is 691 g/mol. The number of rotatable bonds is 10. The number of piperidine rings is 1. The third kappa shape index (κ3) is 8.56. The highest BCUT2D eigenvalue weighted by atomic mass is 35.5. The minimum atomic E-state index is -0.862. The summed E-state index contributed by atoms with van der Waals surface area (Å²) in [5.41, 5.74) is 0.960. The number of carbonyl (C=O) groups is 4. The highest BCUT2D eigenvalue weighted by molar-refractivity contribution is 6.30. The van der Waals surface area contributed by atoms with Gasteiger partial charge in [0.25, 0.3) is 5.91 Å². The zero-order valence-corrected chi connectivity index (χ0v) is 29.4. The first-order valence-electron chi connectivity index (χ1n) is 17.8. The number of likely N-dealkylation sites (N-methyl/N-ethyl adjacent to an activating group) is 1. The van der Waals surface area contributed by atoms with E-state index in [0.717, 1.165) is 63.1 Å². The number of nitrogens with one attached hydrogen (secondary N) is 2. The Morgan fingerprint density at radius 1 is 0.857 bits per heavy atom. The molecule has 6 rings (SSSR count). The van der Waals surface area contributed by atoms with Crippen LogP contribution >= 0.6 is 11.6 Å². The molecule has 1 aliphatic carbocycles. The van der Waals surface area contributed by atoms with E-state index in [1.54, 1.807) is 21.9 Å². The van der Waals surface area contributed by atoms with Crippen LogP contribution < -0.4 is 15.5 Å². The van der Waals surface area contributed by atoms with Gasteiger partial charge < -0.3 is 30.2 Å². The van der Waals surface area contributed by atoms with E-state index >= 15 is 0 Å². The van der Waals surface area contributed by atoms with Crippen LogP contribution in [0.15, 0.2) is 54.6 Å². The largest absolute Gasteiger partial charge is 0.352 e. The van der Waals surface area contributed by atoms with Gasteiger partial charge in [0.15, 0.2) is 0 Å². The van der Waals surface area contributed by atoms with Crippen molar-refractivity contribution in [3.63, 3.8) is 0 Å². The van der Waals surface area contributed by atoms with Crippen LogP contribution in [0.2, 0.25) is 5.02 Å². The van der Waals surface area contributed by atoms with E-state index in [1.165, 1.54) is 6.42 Å². The second-order valence-corrected chi connectivity index (χ2v) is 14.6. The molecule has 4 aliphatic rings. The second kappa shape index (κ2) is 15.9. The Morgan fingerprint density at radius 3 is 2.20 bits per heavy atom. The molecule has 2 N–H and O–H groups in total. The first-order valence-corrected chi connectivity index (χ1v) is 18.2. The summed E-state index contributed by atoms with van der Waals surface area (Å²) in [7, 11) is 2.08. The summed E-state index contributed by atoms with van der Waals surface area (Å²) in [6.45, 7) is 4.71. The van der Waals surface area contributed by atoms with Crippen molar-refractivity contribution in [3.05, 3.63) is 65.2 Å². The Bertz CT molecular complexity index is 1450. The Morgan fingerprint density at radius 2 is 1.53 bits per heavy atom. The molecular weight excluding hydrogens is 642 g/mol. The van der Waals surface area contributed by atoms with Crippen molar-refractivity contribution in [2.24, 2.45) is 0 Å². The standard InChI is InChI=1S/C37H50ClN7O4/c1-41-20-22-42(23-21-41)25-33(46)40-32(24-28-12-14-29(38)15-13-28)35(48)43-18-16-37(17-19-43)36(49)44(27-45(37)31-10-6-3-7-11-31)26-34(47)39-30-8-4-2-5-9-30/h3,6-7,10-15,30,32H,2,4-5,8-9,16-27H2,1H3,(H,39,47)(H,40,46). The maximum atomic E-state index is 14.3. The Balaban J connectivity index is 1.14. The number of piperazine rings is 1. The van der Waals surface area contributed by atoms with Crippen molar-refractivity contribution in [3.8, 4) is 0 Å². The zero-order valence-electron chi connectivity index (χ0n) is 28.6. The molecule has 0 bridgehead atoms. The van der Waals surface area contributed by atoms with Gasteiger partial charge in [0, 0.05) is 62.4 Å². The lowest BCUT2D eigenvalue weighted by molar-refractivity contribution is -0.141. The molecule has 264 valence electrons. The van der Waals surface area contributed by atoms with E-state index in [-0.39, 0.29) is 42.8 Å². The molecule has 1 unspecified atom stereocenters. The zero-order chi connectivity index (χ0) is 34.4. The van der Waals surface area contributed by atoms with E-state index in [9.17, 15) is 19.2 Å². The highest BCUT2D eigenvalue weighted by Crippen LogP contribution is 2.39. The molecule has 2 aromatic carbocycles. The maximum Gasteiger partial charge on any atom is 0.250 e. The van der Waals surface area contributed by atoms with Crippen LogP contribution in [-0.2, 0) is 25.6 Å². The van der Waals surface area contributed by atoms with Crippen molar-refractivity contribution in [2.45, 2.75) is 69.0 Å².